The third-order valence-corrected chi connectivity index (χ3v) is 10.7. The summed E-state index contributed by atoms with van der Waals surface area (Å²) in [6.45, 7) is 0. The Hall–Kier alpha value is -2.42. The van der Waals surface area contributed by atoms with Crippen LogP contribution in [-0.2, 0) is 9.59 Å². The number of halogens is 1. The summed E-state index contributed by atoms with van der Waals surface area (Å²) in [5.41, 5.74) is 1.66. The third-order valence-electron chi connectivity index (χ3n) is 7.85. The van der Waals surface area contributed by atoms with Crippen molar-refractivity contribution >= 4 is 52.2 Å². The second-order valence-electron chi connectivity index (χ2n) is 9.24. The number of thiazole rings is 1. The Bertz CT molecular complexity index is 1360. The van der Waals surface area contributed by atoms with E-state index in [0.717, 1.165) is 21.9 Å². The molecule has 4 aliphatic rings. The second kappa shape index (κ2) is 7.04. The molecule has 6 nitrogen and oxygen atoms in total. The molecule has 0 unspecified atom stereocenters. The van der Waals surface area contributed by atoms with Gasteiger partial charge in [0.15, 0.2) is 0 Å². The van der Waals surface area contributed by atoms with Gasteiger partial charge in [0.05, 0.1) is 22.5 Å². The van der Waals surface area contributed by atoms with Crippen LogP contribution in [0.15, 0.2) is 58.6 Å². The average Bonchev–Trinajstić information content (AvgIpc) is 3.54. The molecule has 166 valence electrons. The molecule has 2 bridgehead atoms. The first-order chi connectivity index (χ1) is 16.0. The van der Waals surface area contributed by atoms with E-state index in [4.69, 9.17) is 11.6 Å². The van der Waals surface area contributed by atoms with Gasteiger partial charge < -0.3 is 4.98 Å². The molecule has 3 aromatic rings. The predicted molar refractivity (Wildman–Crippen MR) is 127 cm³/mol. The minimum atomic E-state index is -0.309. The zero-order valence-electron chi connectivity index (χ0n) is 17.2. The van der Waals surface area contributed by atoms with Crippen LogP contribution in [0, 0.1) is 29.6 Å². The molecule has 9 heteroatoms. The lowest BCUT2D eigenvalue weighted by Gasteiger charge is -2.42. The van der Waals surface area contributed by atoms with Gasteiger partial charge in [0.25, 0.3) is 0 Å². The molecule has 2 saturated carbocycles. The van der Waals surface area contributed by atoms with E-state index >= 15 is 0 Å². The van der Waals surface area contributed by atoms with Crippen LogP contribution in [0.2, 0.25) is 5.02 Å². The molecule has 1 aromatic carbocycles. The van der Waals surface area contributed by atoms with E-state index < -0.39 is 0 Å². The molecular weight excluding hydrogens is 478 g/mol. The number of nitrogens with zero attached hydrogens (tertiary/aromatic N) is 2. The van der Waals surface area contributed by atoms with Crippen LogP contribution in [0.4, 0.5) is 5.69 Å². The number of aromatic nitrogens is 2. The first-order valence-electron chi connectivity index (χ1n) is 11.0. The number of pyridine rings is 1. The number of H-pyrrole nitrogens is 1. The Kier molecular flexibility index (Phi) is 4.27. The molecular formula is C24H18ClN3O3S2. The molecule has 3 fully saturated rings. The lowest BCUT2D eigenvalue weighted by molar-refractivity contribution is -0.123. The van der Waals surface area contributed by atoms with Crippen molar-refractivity contribution in [2.75, 3.05) is 4.90 Å². The maximum absolute atomic E-state index is 13.6. The van der Waals surface area contributed by atoms with Gasteiger partial charge in [-0.2, -0.15) is 0 Å². The summed E-state index contributed by atoms with van der Waals surface area (Å²) in [4.78, 5) is 49.2. The zero-order chi connectivity index (χ0) is 22.4. The van der Waals surface area contributed by atoms with Gasteiger partial charge in [0.1, 0.15) is 0 Å². The molecule has 2 aliphatic carbocycles. The van der Waals surface area contributed by atoms with Gasteiger partial charge in [0.2, 0.25) is 11.8 Å². The number of benzene rings is 1. The Balaban J connectivity index is 1.33. The van der Waals surface area contributed by atoms with Gasteiger partial charge in [-0.3, -0.25) is 24.3 Å². The minimum absolute atomic E-state index is 0.00679. The number of rotatable bonds is 2. The monoisotopic (exact) mass is 495 g/mol. The van der Waals surface area contributed by atoms with Gasteiger partial charge in [-0.05, 0) is 60.1 Å². The van der Waals surface area contributed by atoms with Gasteiger partial charge in [-0.25, -0.2) is 0 Å². The van der Waals surface area contributed by atoms with Crippen LogP contribution in [0.5, 0.6) is 0 Å². The lowest BCUT2D eigenvalue weighted by Crippen LogP contribution is -2.42. The van der Waals surface area contributed by atoms with E-state index in [1.54, 1.807) is 42.2 Å². The molecule has 0 spiro atoms. The second-order valence-corrected chi connectivity index (χ2v) is 11.9. The van der Waals surface area contributed by atoms with Crippen molar-refractivity contribution in [3.8, 4) is 0 Å². The van der Waals surface area contributed by atoms with Crippen molar-refractivity contribution in [2.45, 2.75) is 22.6 Å². The standard InChI is InChI=1S/C24H18ClN3O3S2/c25-11-3-5-12(6-4-11)28-22(29)17-13-8-14(18(17)23(28)30)19-16(13)15(10-2-1-7-26-9-10)20-21(32-19)27-24(31)33-20/h1-7,9,13-19H,8H2,(H,27,31)/t13-,14-,15+,16-,17+,18-,19-/m1/s1. The predicted octanol–water partition coefficient (Wildman–Crippen LogP) is 4.16. The van der Waals surface area contributed by atoms with Crippen LogP contribution >= 0.6 is 34.7 Å². The number of aromatic amines is 1. The van der Waals surface area contributed by atoms with Gasteiger partial charge >= 0.3 is 4.87 Å². The number of thioether (sulfide) groups is 1. The molecule has 4 heterocycles. The highest BCUT2D eigenvalue weighted by molar-refractivity contribution is 8.00. The number of carbonyl (C=O) groups excluding carboxylic acids is 2. The summed E-state index contributed by atoms with van der Waals surface area (Å²) in [7, 11) is 0. The molecule has 33 heavy (non-hydrogen) atoms. The minimum Gasteiger partial charge on any atom is -0.307 e. The number of hydrogen-bond acceptors (Lipinski definition) is 6. The summed E-state index contributed by atoms with van der Waals surface area (Å²) in [6.07, 6.45) is 4.50. The van der Waals surface area contributed by atoms with Crippen LogP contribution in [-0.4, -0.2) is 27.0 Å². The molecule has 2 amide bonds. The lowest BCUT2D eigenvalue weighted by atomic mass is 9.68. The fourth-order valence-corrected chi connectivity index (χ4v) is 9.81. The largest absolute Gasteiger partial charge is 0.307 e. The van der Waals surface area contributed by atoms with Crippen LogP contribution in [0.25, 0.3) is 0 Å². The van der Waals surface area contributed by atoms with E-state index in [2.05, 4.69) is 16.0 Å². The third kappa shape index (κ3) is 2.68. The maximum Gasteiger partial charge on any atom is 0.305 e. The number of amides is 2. The number of fused-ring (bicyclic) bond motifs is 9. The summed E-state index contributed by atoms with van der Waals surface area (Å²) >= 11 is 8.98. The normalized spacial score (nSPS) is 33.8. The summed E-state index contributed by atoms with van der Waals surface area (Å²) in [5, 5.41) is 1.66. The molecule has 2 aromatic heterocycles. The smallest absolute Gasteiger partial charge is 0.305 e. The summed E-state index contributed by atoms with van der Waals surface area (Å²) < 4.78 is 0. The Morgan fingerprint density at radius 2 is 1.79 bits per heavy atom. The van der Waals surface area contributed by atoms with Gasteiger partial charge in [0, 0.05) is 33.5 Å². The van der Waals surface area contributed by atoms with Gasteiger partial charge in [-0.15, -0.1) is 11.8 Å². The SMILES string of the molecule is O=C1[C@@H]2[C@H]3C[C@@H]([C@@H]2C(=O)N1c1ccc(Cl)cc1)[C@@H]1[C@H](c2cccnc2)c2sc(=O)[nH]c2S[C@H]31. The highest BCUT2D eigenvalue weighted by Crippen LogP contribution is 2.68. The van der Waals surface area contributed by atoms with Crippen molar-refractivity contribution in [2.24, 2.45) is 29.6 Å². The zero-order valence-corrected chi connectivity index (χ0v) is 19.6. The summed E-state index contributed by atoms with van der Waals surface area (Å²) in [6, 6.07) is 10.9. The maximum atomic E-state index is 13.6. The van der Waals surface area contributed by atoms with Crippen molar-refractivity contribution in [3.63, 3.8) is 0 Å². The van der Waals surface area contributed by atoms with Crippen LogP contribution in [0.1, 0.15) is 22.8 Å². The molecule has 7 atom stereocenters. The quantitative estimate of drug-likeness (QED) is 0.540. The van der Waals surface area contributed by atoms with Crippen molar-refractivity contribution in [3.05, 3.63) is 73.9 Å². The number of nitrogens with one attached hydrogen (secondary N) is 1. The van der Waals surface area contributed by atoms with E-state index in [9.17, 15) is 14.4 Å². The van der Waals surface area contributed by atoms with E-state index in [1.807, 2.05) is 12.3 Å². The number of imide groups is 1. The molecule has 0 radical (unpaired) electrons. The number of hydrogen-bond donors (Lipinski definition) is 1. The fourth-order valence-electron chi connectivity index (χ4n) is 6.79. The molecule has 1 saturated heterocycles. The van der Waals surface area contributed by atoms with E-state index in [1.165, 1.54) is 16.2 Å². The van der Waals surface area contributed by atoms with Crippen molar-refractivity contribution in [1.82, 2.24) is 9.97 Å². The first kappa shape index (κ1) is 20.0. The van der Waals surface area contributed by atoms with Crippen LogP contribution < -0.4 is 9.77 Å². The average molecular weight is 496 g/mol. The molecule has 2 aliphatic heterocycles. The van der Waals surface area contributed by atoms with E-state index in [0.29, 0.717) is 10.7 Å². The number of carbonyl (C=O) groups is 2. The van der Waals surface area contributed by atoms with E-state index in [-0.39, 0.29) is 57.4 Å². The van der Waals surface area contributed by atoms with Crippen LogP contribution in [0.3, 0.4) is 0 Å². The number of anilines is 1. The topological polar surface area (TPSA) is 83.1 Å². The Labute approximate surface area is 202 Å². The highest BCUT2D eigenvalue weighted by atomic mass is 35.5. The molecule has 7 rings (SSSR count). The first-order valence-corrected chi connectivity index (χ1v) is 13.0. The Morgan fingerprint density at radius 3 is 2.52 bits per heavy atom. The Morgan fingerprint density at radius 1 is 1.03 bits per heavy atom. The highest BCUT2D eigenvalue weighted by Gasteiger charge is 2.69. The fraction of sp³-hybridized carbons (Fsp3) is 0.333. The van der Waals surface area contributed by atoms with Crippen molar-refractivity contribution in [1.29, 1.82) is 0 Å². The molecule has 1 N–H and O–H groups in total. The van der Waals surface area contributed by atoms with Gasteiger partial charge in [-0.1, -0.05) is 29.0 Å². The van der Waals surface area contributed by atoms with Crippen molar-refractivity contribution < 1.29 is 9.59 Å². The summed E-state index contributed by atoms with van der Waals surface area (Å²) in [5.74, 6) is -0.396.